The summed E-state index contributed by atoms with van der Waals surface area (Å²) in [7, 11) is 1.35. The second kappa shape index (κ2) is 6.43. The van der Waals surface area contributed by atoms with Crippen molar-refractivity contribution in [1.29, 1.82) is 0 Å². The monoisotopic (exact) mass is 289 g/mol. The number of methoxy groups -OCH3 is 1. The molecule has 112 valence electrons. The zero-order valence-electron chi connectivity index (χ0n) is 12.4. The fourth-order valence-electron chi connectivity index (χ4n) is 2.21. The summed E-state index contributed by atoms with van der Waals surface area (Å²) in [6.07, 6.45) is 2.11. The number of ether oxygens (including phenoxy) is 2. The molecule has 1 aromatic rings. The van der Waals surface area contributed by atoms with E-state index in [1.54, 1.807) is 24.3 Å². The smallest absolute Gasteiger partial charge is 0.337 e. The summed E-state index contributed by atoms with van der Waals surface area (Å²) in [4.78, 5) is 23.0. The van der Waals surface area contributed by atoms with Crippen LogP contribution in [0.15, 0.2) is 29.8 Å². The number of fused-ring (bicyclic) bond motifs is 1. The van der Waals surface area contributed by atoms with Crippen molar-refractivity contribution in [3.8, 4) is 5.75 Å². The minimum atomic E-state index is -0.363. The van der Waals surface area contributed by atoms with Gasteiger partial charge < -0.3 is 14.8 Å². The molecule has 0 aromatic heterocycles. The lowest BCUT2D eigenvalue weighted by atomic mass is 10.1. The number of carbonyl (C=O) groups is 2. The van der Waals surface area contributed by atoms with Gasteiger partial charge in [0.25, 0.3) is 0 Å². The van der Waals surface area contributed by atoms with Crippen LogP contribution in [0.4, 0.5) is 0 Å². The van der Waals surface area contributed by atoms with Crippen LogP contribution >= 0.6 is 0 Å². The highest BCUT2D eigenvalue weighted by molar-refractivity contribution is 5.90. The Balaban J connectivity index is 1.95. The molecule has 1 aromatic carbocycles. The highest BCUT2D eigenvalue weighted by Gasteiger charge is 2.24. The van der Waals surface area contributed by atoms with E-state index in [0.29, 0.717) is 18.5 Å². The van der Waals surface area contributed by atoms with Crippen LogP contribution < -0.4 is 10.1 Å². The topological polar surface area (TPSA) is 64.6 Å². The Bertz CT molecular complexity index is 588. The van der Waals surface area contributed by atoms with Crippen LogP contribution in [0.25, 0.3) is 0 Å². The number of hydrogen-bond donors (Lipinski definition) is 1. The van der Waals surface area contributed by atoms with E-state index in [1.807, 2.05) is 13.8 Å². The molecule has 0 fully saturated rings. The van der Waals surface area contributed by atoms with Crippen molar-refractivity contribution < 1.29 is 19.1 Å². The van der Waals surface area contributed by atoms with Crippen molar-refractivity contribution in [2.75, 3.05) is 13.7 Å². The van der Waals surface area contributed by atoms with Gasteiger partial charge in [-0.1, -0.05) is 5.57 Å². The lowest BCUT2D eigenvalue weighted by Gasteiger charge is -2.10. The molecule has 1 amide bonds. The van der Waals surface area contributed by atoms with Crippen LogP contribution in [-0.2, 0) is 16.0 Å². The highest BCUT2D eigenvalue weighted by Crippen LogP contribution is 2.29. The Labute approximate surface area is 123 Å². The van der Waals surface area contributed by atoms with Gasteiger partial charge in [0.15, 0.2) is 0 Å². The molecule has 1 heterocycles. The molecule has 21 heavy (non-hydrogen) atoms. The van der Waals surface area contributed by atoms with Crippen LogP contribution in [-0.4, -0.2) is 31.6 Å². The lowest BCUT2D eigenvalue weighted by Crippen LogP contribution is -2.33. The third-order valence-electron chi connectivity index (χ3n) is 3.15. The van der Waals surface area contributed by atoms with Crippen molar-refractivity contribution in [2.45, 2.75) is 26.4 Å². The van der Waals surface area contributed by atoms with E-state index in [4.69, 9.17) is 9.47 Å². The first-order chi connectivity index (χ1) is 9.99. The van der Waals surface area contributed by atoms with Gasteiger partial charge in [-0.3, -0.25) is 4.79 Å². The molecule has 2 rings (SSSR count). The molecule has 5 heteroatoms. The van der Waals surface area contributed by atoms with E-state index in [-0.39, 0.29) is 18.0 Å². The van der Waals surface area contributed by atoms with Gasteiger partial charge in [-0.05, 0) is 37.6 Å². The van der Waals surface area contributed by atoms with Crippen LogP contribution in [0, 0.1) is 0 Å². The van der Waals surface area contributed by atoms with E-state index in [1.165, 1.54) is 7.11 Å². The van der Waals surface area contributed by atoms with Crippen molar-refractivity contribution in [2.24, 2.45) is 0 Å². The van der Waals surface area contributed by atoms with E-state index in [2.05, 4.69) is 5.32 Å². The first-order valence-electron chi connectivity index (χ1n) is 6.80. The number of hydrogen-bond acceptors (Lipinski definition) is 4. The van der Waals surface area contributed by atoms with Gasteiger partial charge in [-0.25, -0.2) is 4.79 Å². The Hall–Kier alpha value is -2.30. The van der Waals surface area contributed by atoms with Gasteiger partial charge in [-0.15, -0.1) is 0 Å². The van der Waals surface area contributed by atoms with Crippen molar-refractivity contribution in [3.05, 3.63) is 41.0 Å². The maximum atomic E-state index is 11.6. The second-order valence-corrected chi connectivity index (χ2v) is 5.22. The Morgan fingerprint density at radius 3 is 2.86 bits per heavy atom. The number of nitrogens with one attached hydrogen (secondary N) is 1. The molecule has 0 saturated heterocycles. The molecule has 1 aliphatic rings. The zero-order valence-corrected chi connectivity index (χ0v) is 12.4. The van der Waals surface area contributed by atoms with Crippen molar-refractivity contribution in [3.63, 3.8) is 0 Å². The third-order valence-corrected chi connectivity index (χ3v) is 3.15. The minimum absolute atomic E-state index is 0.109. The zero-order chi connectivity index (χ0) is 15.4. The summed E-state index contributed by atoms with van der Waals surface area (Å²) >= 11 is 0. The molecule has 1 atom stereocenters. The predicted molar refractivity (Wildman–Crippen MR) is 78.3 cm³/mol. The van der Waals surface area contributed by atoms with Gasteiger partial charge in [0.05, 0.1) is 19.2 Å². The fourth-order valence-corrected chi connectivity index (χ4v) is 2.21. The summed E-state index contributed by atoms with van der Waals surface area (Å²) in [6, 6.07) is 5.22. The summed E-state index contributed by atoms with van der Waals surface area (Å²) in [5, 5.41) is 2.81. The highest BCUT2D eigenvalue weighted by atomic mass is 16.5. The van der Waals surface area contributed by atoms with Gasteiger partial charge >= 0.3 is 5.97 Å². The number of esters is 1. The fraction of sp³-hybridized carbons (Fsp3) is 0.375. The summed E-state index contributed by atoms with van der Waals surface area (Å²) in [6.45, 7) is 4.18. The number of benzene rings is 1. The number of rotatable bonds is 4. The van der Waals surface area contributed by atoms with Gasteiger partial charge in [0.2, 0.25) is 5.91 Å². The maximum Gasteiger partial charge on any atom is 0.337 e. The SMILES string of the molecule is COC(=O)c1ccc2c(c1)C[C@@H](CNC(=O)C=C(C)C)O2. The average molecular weight is 289 g/mol. The Morgan fingerprint density at radius 1 is 1.43 bits per heavy atom. The quantitative estimate of drug-likeness (QED) is 0.679. The number of allylic oxidation sites excluding steroid dienone is 1. The molecule has 0 spiro atoms. The van der Waals surface area contributed by atoms with E-state index >= 15 is 0 Å². The maximum absolute atomic E-state index is 11.6. The van der Waals surface area contributed by atoms with Crippen LogP contribution in [0.2, 0.25) is 0 Å². The molecular weight excluding hydrogens is 270 g/mol. The molecule has 0 saturated carbocycles. The normalized spacial score (nSPS) is 15.7. The van der Waals surface area contributed by atoms with E-state index in [9.17, 15) is 9.59 Å². The van der Waals surface area contributed by atoms with Gasteiger partial charge in [-0.2, -0.15) is 0 Å². The lowest BCUT2D eigenvalue weighted by molar-refractivity contribution is -0.116. The molecule has 5 nitrogen and oxygen atoms in total. The Kier molecular flexibility index (Phi) is 4.62. The molecule has 0 aliphatic carbocycles. The van der Waals surface area contributed by atoms with E-state index < -0.39 is 0 Å². The second-order valence-electron chi connectivity index (χ2n) is 5.22. The predicted octanol–water partition coefficient (Wildman–Crippen LogP) is 1.86. The Morgan fingerprint density at radius 2 is 2.19 bits per heavy atom. The van der Waals surface area contributed by atoms with E-state index in [0.717, 1.165) is 16.9 Å². The van der Waals surface area contributed by atoms with Crippen LogP contribution in [0.3, 0.4) is 0 Å². The number of carbonyl (C=O) groups excluding carboxylic acids is 2. The first kappa shape index (κ1) is 15.1. The summed E-state index contributed by atoms with van der Waals surface area (Å²) < 4.78 is 10.4. The van der Waals surface area contributed by atoms with Crippen LogP contribution in [0.1, 0.15) is 29.8 Å². The largest absolute Gasteiger partial charge is 0.488 e. The third kappa shape index (κ3) is 3.84. The first-order valence-corrected chi connectivity index (χ1v) is 6.80. The van der Waals surface area contributed by atoms with Crippen LogP contribution in [0.5, 0.6) is 5.75 Å². The summed E-state index contributed by atoms with van der Waals surface area (Å²) in [5.74, 6) is 0.270. The van der Waals surface area contributed by atoms with Crippen molar-refractivity contribution in [1.82, 2.24) is 5.32 Å². The molecule has 0 radical (unpaired) electrons. The van der Waals surface area contributed by atoms with Gasteiger partial charge in [0.1, 0.15) is 11.9 Å². The average Bonchev–Trinajstić information content (AvgIpc) is 2.85. The molecule has 1 N–H and O–H groups in total. The van der Waals surface area contributed by atoms with Gasteiger partial charge in [0, 0.05) is 12.5 Å². The minimum Gasteiger partial charge on any atom is -0.488 e. The molecule has 0 unspecified atom stereocenters. The summed E-state index contributed by atoms with van der Waals surface area (Å²) in [5.41, 5.74) is 2.42. The molecule has 0 bridgehead atoms. The molecule has 1 aliphatic heterocycles. The van der Waals surface area contributed by atoms with Crippen molar-refractivity contribution >= 4 is 11.9 Å². The standard InChI is InChI=1S/C16H19NO4/c1-10(2)6-15(18)17-9-13-8-12-7-11(16(19)20-3)4-5-14(12)21-13/h4-7,13H,8-9H2,1-3H3,(H,17,18)/t13-/m0/s1. The molecular formula is C16H19NO4. The number of amides is 1.